The number of sulfonamides is 1. The van der Waals surface area contributed by atoms with E-state index in [0.717, 1.165) is 9.87 Å². The highest BCUT2D eigenvalue weighted by atomic mass is 35.5. The van der Waals surface area contributed by atoms with Crippen LogP contribution in [0.4, 0.5) is 5.69 Å². The van der Waals surface area contributed by atoms with Gasteiger partial charge in [0, 0.05) is 11.1 Å². The van der Waals surface area contributed by atoms with Gasteiger partial charge in [0.1, 0.15) is 18.0 Å². The SMILES string of the molecule is COc1ccc(/C(C)=N\NC(=O)CN(c2cc(Cl)ccc2OC)S(=O)(=O)c2ccc(OC)c(OC)c2)cc1. The molecule has 0 aliphatic heterocycles. The molecule has 0 radical (unpaired) electrons. The van der Waals surface area contributed by atoms with Gasteiger partial charge in [-0.1, -0.05) is 11.6 Å². The van der Waals surface area contributed by atoms with Gasteiger partial charge in [-0.2, -0.15) is 5.10 Å². The molecule has 0 atom stereocenters. The average molecular weight is 562 g/mol. The van der Waals surface area contributed by atoms with Gasteiger partial charge < -0.3 is 18.9 Å². The first-order chi connectivity index (χ1) is 18.1. The maximum absolute atomic E-state index is 13.8. The molecule has 0 unspecified atom stereocenters. The van der Waals surface area contributed by atoms with Gasteiger partial charge in [0.05, 0.1) is 44.7 Å². The van der Waals surface area contributed by atoms with Crippen molar-refractivity contribution in [2.24, 2.45) is 5.10 Å². The van der Waals surface area contributed by atoms with Crippen LogP contribution in [-0.2, 0) is 14.8 Å². The minimum Gasteiger partial charge on any atom is -0.497 e. The van der Waals surface area contributed by atoms with Crippen LogP contribution in [0.5, 0.6) is 23.0 Å². The molecule has 202 valence electrons. The van der Waals surface area contributed by atoms with Gasteiger partial charge in [-0.15, -0.1) is 0 Å². The molecule has 10 nitrogen and oxygen atoms in total. The first-order valence-electron chi connectivity index (χ1n) is 11.2. The second-order valence-corrected chi connectivity index (χ2v) is 10.1. The number of amides is 1. The fourth-order valence-corrected chi connectivity index (χ4v) is 5.08. The molecule has 1 amide bonds. The van der Waals surface area contributed by atoms with E-state index in [1.807, 2.05) is 0 Å². The second kappa shape index (κ2) is 12.5. The molecule has 0 saturated heterocycles. The van der Waals surface area contributed by atoms with Crippen LogP contribution < -0.4 is 28.7 Å². The summed E-state index contributed by atoms with van der Waals surface area (Å²) >= 11 is 6.18. The zero-order valence-electron chi connectivity index (χ0n) is 21.5. The largest absolute Gasteiger partial charge is 0.497 e. The zero-order valence-corrected chi connectivity index (χ0v) is 23.1. The molecule has 0 spiro atoms. The average Bonchev–Trinajstić information content (AvgIpc) is 2.94. The van der Waals surface area contributed by atoms with E-state index in [1.54, 1.807) is 44.4 Å². The molecule has 3 aromatic rings. The smallest absolute Gasteiger partial charge is 0.265 e. The summed E-state index contributed by atoms with van der Waals surface area (Å²) in [6.45, 7) is 1.09. The van der Waals surface area contributed by atoms with Crippen molar-refractivity contribution >= 4 is 38.9 Å². The number of hydrogen-bond donors (Lipinski definition) is 1. The van der Waals surface area contributed by atoms with Crippen molar-refractivity contribution in [2.75, 3.05) is 39.3 Å². The Bertz CT molecular complexity index is 1430. The Hall–Kier alpha value is -3.96. The molecule has 38 heavy (non-hydrogen) atoms. The lowest BCUT2D eigenvalue weighted by atomic mass is 10.1. The van der Waals surface area contributed by atoms with E-state index in [9.17, 15) is 13.2 Å². The van der Waals surface area contributed by atoms with Crippen molar-refractivity contribution in [3.8, 4) is 23.0 Å². The molecule has 0 aromatic heterocycles. The van der Waals surface area contributed by atoms with E-state index in [0.29, 0.717) is 17.2 Å². The van der Waals surface area contributed by atoms with Gasteiger partial charge in [0.2, 0.25) is 0 Å². The van der Waals surface area contributed by atoms with Crippen LogP contribution in [-0.4, -0.2) is 55.0 Å². The lowest BCUT2D eigenvalue weighted by molar-refractivity contribution is -0.119. The van der Waals surface area contributed by atoms with E-state index in [-0.39, 0.29) is 27.1 Å². The van der Waals surface area contributed by atoms with Crippen molar-refractivity contribution in [3.05, 3.63) is 71.2 Å². The molecule has 1 N–H and O–H groups in total. The number of nitrogens with one attached hydrogen (secondary N) is 1. The van der Waals surface area contributed by atoms with Gasteiger partial charge >= 0.3 is 0 Å². The number of methoxy groups -OCH3 is 4. The minimum absolute atomic E-state index is 0.0702. The highest BCUT2D eigenvalue weighted by Gasteiger charge is 2.30. The van der Waals surface area contributed by atoms with E-state index in [2.05, 4.69) is 10.5 Å². The van der Waals surface area contributed by atoms with Crippen LogP contribution >= 0.6 is 11.6 Å². The van der Waals surface area contributed by atoms with Crippen molar-refractivity contribution in [1.82, 2.24) is 5.43 Å². The molecule has 12 heteroatoms. The lowest BCUT2D eigenvalue weighted by Gasteiger charge is -2.26. The fraction of sp³-hybridized carbons (Fsp3) is 0.231. The summed E-state index contributed by atoms with van der Waals surface area (Å²) in [7, 11) is 1.46. The normalized spacial score (nSPS) is 11.5. The maximum atomic E-state index is 13.8. The molecule has 0 heterocycles. The molecular weight excluding hydrogens is 534 g/mol. The Morgan fingerprint density at radius 3 is 2.11 bits per heavy atom. The van der Waals surface area contributed by atoms with Crippen molar-refractivity contribution < 1.29 is 32.2 Å². The van der Waals surface area contributed by atoms with Crippen LogP contribution in [0.25, 0.3) is 0 Å². The van der Waals surface area contributed by atoms with E-state index >= 15 is 0 Å². The zero-order chi connectivity index (χ0) is 27.9. The molecule has 0 aliphatic carbocycles. The molecule has 0 aliphatic rings. The summed E-state index contributed by atoms with van der Waals surface area (Å²) in [5, 5.41) is 4.37. The first kappa shape index (κ1) is 28.6. The summed E-state index contributed by atoms with van der Waals surface area (Å²) in [5.74, 6) is 0.736. The third kappa shape index (κ3) is 6.48. The van der Waals surface area contributed by atoms with Crippen LogP contribution in [0, 0.1) is 0 Å². The fourth-order valence-electron chi connectivity index (χ4n) is 3.47. The molecule has 0 saturated carbocycles. The minimum atomic E-state index is -4.32. The summed E-state index contributed by atoms with van der Waals surface area (Å²) in [6, 6.07) is 15.7. The van der Waals surface area contributed by atoms with Crippen LogP contribution in [0.15, 0.2) is 70.7 Å². The molecular formula is C26H28ClN3O7S. The van der Waals surface area contributed by atoms with Gasteiger partial charge in [-0.25, -0.2) is 13.8 Å². The van der Waals surface area contributed by atoms with Gasteiger partial charge in [-0.3, -0.25) is 9.10 Å². The third-order valence-corrected chi connectivity index (χ3v) is 7.49. The van der Waals surface area contributed by atoms with Gasteiger partial charge in [-0.05, 0) is 67.1 Å². The number of anilines is 1. The Balaban J connectivity index is 1.98. The summed E-state index contributed by atoms with van der Waals surface area (Å²) < 4.78 is 49.6. The molecule has 0 bridgehead atoms. The Morgan fingerprint density at radius 1 is 0.868 bits per heavy atom. The van der Waals surface area contributed by atoms with Crippen LogP contribution in [0.3, 0.4) is 0 Å². The van der Waals surface area contributed by atoms with Crippen LogP contribution in [0.2, 0.25) is 5.02 Å². The predicted molar refractivity (Wildman–Crippen MR) is 145 cm³/mol. The number of carbonyl (C=O) groups excluding carboxylic acids is 1. The summed E-state index contributed by atoms with van der Waals surface area (Å²) in [6.07, 6.45) is 0. The quantitative estimate of drug-likeness (QED) is 0.277. The van der Waals surface area contributed by atoms with Crippen LogP contribution in [0.1, 0.15) is 12.5 Å². The number of benzene rings is 3. The number of hydrazone groups is 1. The number of rotatable bonds is 11. The number of hydrogen-bond acceptors (Lipinski definition) is 8. The number of carbonyl (C=O) groups is 1. The van der Waals surface area contributed by atoms with E-state index in [1.165, 1.54) is 51.7 Å². The monoisotopic (exact) mass is 561 g/mol. The van der Waals surface area contributed by atoms with Gasteiger partial charge in [0.25, 0.3) is 15.9 Å². The number of nitrogens with zero attached hydrogens (tertiary/aromatic N) is 2. The lowest BCUT2D eigenvalue weighted by Crippen LogP contribution is -2.40. The predicted octanol–water partition coefficient (Wildman–Crippen LogP) is 4.11. The summed E-state index contributed by atoms with van der Waals surface area (Å²) in [5.41, 5.74) is 3.75. The van der Waals surface area contributed by atoms with Crippen molar-refractivity contribution in [3.63, 3.8) is 0 Å². The highest BCUT2D eigenvalue weighted by molar-refractivity contribution is 7.92. The second-order valence-electron chi connectivity index (χ2n) is 7.81. The topological polar surface area (TPSA) is 116 Å². The Labute approximate surface area is 226 Å². The highest BCUT2D eigenvalue weighted by Crippen LogP contribution is 2.37. The van der Waals surface area contributed by atoms with Crippen molar-refractivity contribution in [1.29, 1.82) is 0 Å². The standard InChI is InChI=1S/C26H28ClN3O7S/c1-17(18-6-9-20(34-2)10-7-18)28-29-26(31)16-30(22-14-19(27)8-12-23(22)35-3)38(32,33)21-11-13-24(36-4)25(15-21)37-5/h6-15H,16H2,1-5H3,(H,29,31)/b28-17-. The van der Waals surface area contributed by atoms with E-state index in [4.69, 9.17) is 30.5 Å². The Morgan fingerprint density at radius 2 is 1.50 bits per heavy atom. The molecule has 3 rings (SSSR count). The maximum Gasteiger partial charge on any atom is 0.265 e. The van der Waals surface area contributed by atoms with E-state index < -0.39 is 22.5 Å². The third-order valence-electron chi connectivity index (χ3n) is 5.50. The Kier molecular flexibility index (Phi) is 9.43. The van der Waals surface area contributed by atoms with Crippen molar-refractivity contribution in [2.45, 2.75) is 11.8 Å². The summed E-state index contributed by atoms with van der Waals surface area (Å²) in [4.78, 5) is 12.9. The van der Waals surface area contributed by atoms with Gasteiger partial charge in [0.15, 0.2) is 11.5 Å². The molecule has 0 fully saturated rings. The number of ether oxygens (including phenoxy) is 4. The first-order valence-corrected chi connectivity index (χ1v) is 13.0. The number of halogens is 1. The molecule has 3 aromatic carbocycles.